The van der Waals surface area contributed by atoms with Crippen LogP contribution in [0.2, 0.25) is 0 Å². The zero-order valence-corrected chi connectivity index (χ0v) is 9.97. The largest absolute Gasteiger partial charge is 0.516 e. The maximum absolute atomic E-state index is 12.1. The summed E-state index contributed by atoms with van der Waals surface area (Å²) in [5.41, 5.74) is -6.49. The molecule has 0 aliphatic rings. The predicted molar refractivity (Wildman–Crippen MR) is 54.9 cm³/mol. The van der Waals surface area contributed by atoms with Crippen LogP contribution >= 0.6 is 0 Å². The van der Waals surface area contributed by atoms with Gasteiger partial charge in [0.1, 0.15) is 4.90 Å². The van der Waals surface area contributed by atoms with E-state index in [9.17, 15) is 30.0 Å². The van der Waals surface area contributed by atoms with Gasteiger partial charge in [-0.05, 0) is 12.1 Å². The van der Waals surface area contributed by atoms with Crippen molar-refractivity contribution in [2.24, 2.45) is 0 Å². The summed E-state index contributed by atoms with van der Waals surface area (Å²) in [7, 11) is -10.6. The summed E-state index contributed by atoms with van der Waals surface area (Å²) in [5.74, 6) is 0. The standard InChI is InChI=1S/C7H6F3NO5S2/c8-7(9,10)18(15,16)11-5-3-1-2-4-6(5)17(12,13)14/h1-4,11H,(H,12,13,14). The number of rotatable bonds is 3. The van der Waals surface area contributed by atoms with Crippen molar-refractivity contribution in [3.63, 3.8) is 0 Å². The number of sulfonamides is 1. The minimum absolute atomic E-state index is 0.754. The van der Waals surface area contributed by atoms with E-state index in [1.165, 1.54) is 0 Å². The number of anilines is 1. The molecule has 6 nitrogen and oxygen atoms in total. The second kappa shape index (κ2) is 4.40. The van der Waals surface area contributed by atoms with Gasteiger partial charge in [-0.3, -0.25) is 9.27 Å². The third-order valence-corrected chi connectivity index (χ3v) is 3.72. The maximum atomic E-state index is 12.1. The molecule has 0 radical (unpaired) electrons. The topological polar surface area (TPSA) is 101 Å². The van der Waals surface area contributed by atoms with Crippen LogP contribution in [-0.2, 0) is 20.1 Å². The lowest BCUT2D eigenvalue weighted by molar-refractivity contribution is -0.0429. The zero-order valence-electron chi connectivity index (χ0n) is 8.34. The van der Waals surface area contributed by atoms with E-state index in [4.69, 9.17) is 4.55 Å². The van der Waals surface area contributed by atoms with Crippen LogP contribution in [0.1, 0.15) is 0 Å². The highest BCUT2D eigenvalue weighted by atomic mass is 32.2. The Bertz CT molecular complexity index is 650. The summed E-state index contributed by atoms with van der Waals surface area (Å²) in [6.07, 6.45) is 0. The van der Waals surface area contributed by atoms with Crippen molar-refractivity contribution in [3.05, 3.63) is 24.3 Å². The van der Waals surface area contributed by atoms with Crippen LogP contribution < -0.4 is 4.72 Å². The fourth-order valence-corrected chi connectivity index (χ4v) is 2.27. The molecular weight excluding hydrogens is 299 g/mol. The average Bonchev–Trinajstić information content (AvgIpc) is 2.14. The smallest absolute Gasteiger partial charge is 0.282 e. The van der Waals surface area contributed by atoms with Crippen molar-refractivity contribution in [2.45, 2.75) is 10.4 Å². The number of halogens is 3. The molecule has 0 heterocycles. The van der Waals surface area contributed by atoms with Crippen LogP contribution in [0.3, 0.4) is 0 Å². The molecule has 11 heteroatoms. The van der Waals surface area contributed by atoms with Crippen molar-refractivity contribution < 1.29 is 34.6 Å². The molecule has 1 aromatic carbocycles. The number of benzene rings is 1. The van der Waals surface area contributed by atoms with Crippen LogP contribution in [0.25, 0.3) is 0 Å². The van der Waals surface area contributed by atoms with Crippen LogP contribution in [0.4, 0.5) is 18.9 Å². The van der Waals surface area contributed by atoms with E-state index in [0.717, 1.165) is 29.0 Å². The van der Waals surface area contributed by atoms with Gasteiger partial charge in [0.05, 0.1) is 5.69 Å². The predicted octanol–water partition coefficient (Wildman–Crippen LogP) is 1.19. The minimum Gasteiger partial charge on any atom is -0.282 e. The Kier molecular flexibility index (Phi) is 3.60. The van der Waals surface area contributed by atoms with Gasteiger partial charge in [-0.25, -0.2) is 0 Å². The molecule has 0 aliphatic carbocycles. The normalized spacial score (nSPS) is 13.3. The minimum atomic E-state index is -5.76. The fourth-order valence-electron chi connectivity index (χ4n) is 0.979. The third-order valence-electron chi connectivity index (χ3n) is 1.71. The number of hydrogen-bond acceptors (Lipinski definition) is 4. The SMILES string of the molecule is O=S(=O)(O)c1ccccc1NS(=O)(=O)C(F)(F)F. The number of alkyl halides is 3. The van der Waals surface area contributed by atoms with E-state index in [1.54, 1.807) is 0 Å². The van der Waals surface area contributed by atoms with E-state index in [1.807, 2.05) is 0 Å². The van der Waals surface area contributed by atoms with Crippen LogP contribution in [0.15, 0.2) is 29.2 Å². The Morgan fingerprint density at radius 2 is 1.56 bits per heavy atom. The van der Waals surface area contributed by atoms with Gasteiger partial charge in [0.15, 0.2) is 0 Å². The Balaban J connectivity index is 3.31. The molecule has 0 atom stereocenters. The molecule has 102 valence electrons. The number of para-hydroxylation sites is 1. The summed E-state index contributed by atoms with van der Waals surface area (Å²) >= 11 is 0. The molecule has 1 aromatic rings. The van der Waals surface area contributed by atoms with Gasteiger partial charge in [0.25, 0.3) is 10.1 Å². The zero-order chi connectivity index (χ0) is 14.2. The van der Waals surface area contributed by atoms with Crippen LogP contribution in [-0.4, -0.2) is 26.9 Å². The first-order valence-electron chi connectivity index (χ1n) is 4.11. The second-order valence-electron chi connectivity index (χ2n) is 3.02. The molecule has 0 unspecified atom stereocenters. The van der Waals surface area contributed by atoms with E-state index < -0.39 is 36.2 Å². The van der Waals surface area contributed by atoms with E-state index >= 15 is 0 Å². The molecule has 0 aliphatic heterocycles. The summed E-state index contributed by atoms with van der Waals surface area (Å²) in [6, 6.07) is 3.73. The molecule has 0 aromatic heterocycles. The maximum Gasteiger partial charge on any atom is 0.516 e. The van der Waals surface area contributed by atoms with Crippen molar-refractivity contribution >= 4 is 25.8 Å². The van der Waals surface area contributed by atoms with Crippen LogP contribution in [0, 0.1) is 0 Å². The Morgan fingerprint density at radius 1 is 1.06 bits per heavy atom. The molecular formula is C7H6F3NO5S2. The second-order valence-corrected chi connectivity index (χ2v) is 6.09. The molecule has 1 rings (SSSR count). The van der Waals surface area contributed by atoms with Crippen molar-refractivity contribution in [1.29, 1.82) is 0 Å². The van der Waals surface area contributed by atoms with E-state index in [0.29, 0.717) is 0 Å². The molecule has 0 saturated heterocycles. The molecule has 2 N–H and O–H groups in total. The van der Waals surface area contributed by atoms with Gasteiger partial charge < -0.3 is 0 Å². The summed E-state index contributed by atoms with van der Waals surface area (Å²) < 4.78 is 89.3. The van der Waals surface area contributed by atoms with Gasteiger partial charge in [-0.1, -0.05) is 12.1 Å². The lowest BCUT2D eigenvalue weighted by Gasteiger charge is -2.12. The number of hydrogen-bond donors (Lipinski definition) is 2. The lowest BCUT2D eigenvalue weighted by Crippen LogP contribution is -2.30. The van der Waals surface area contributed by atoms with Gasteiger partial charge in [0, 0.05) is 0 Å². The average molecular weight is 305 g/mol. The quantitative estimate of drug-likeness (QED) is 0.817. The summed E-state index contributed by atoms with van der Waals surface area (Å²) in [6.45, 7) is 0. The highest BCUT2D eigenvalue weighted by molar-refractivity contribution is 7.93. The Morgan fingerprint density at radius 3 is 2.00 bits per heavy atom. The van der Waals surface area contributed by atoms with Gasteiger partial charge >= 0.3 is 15.5 Å². The van der Waals surface area contributed by atoms with Crippen molar-refractivity contribution in [2.75, 3.05) is 4.72 Å². The Hall–Kier alpha value is -1.33. The van der Waals surface area contributed by atoms with Gasteiger partial charge in [-0.2, -0.15) is 30.0 Å². The van der Waals surface area contributed by atoms with Crippen molar-refractivity contribution in [1.82, 2.24) is 0 Å². The van der Waals surface area contributed by atoms with Crippen molar-refractivity contribution in [3.8, 4) is 0 Å². The first-order valence-corrected chi connectivity index (χ1v) is 7.03. The highest BCUT2D eigenvalue weighted by Gasteiger charge is 2.46. The molecule has 18 heavy (non-hydrogen) atoms. The molecule has 0 fully saturated rings. The molecule has 0 amide bonds. The van der Waals surface area contributed by atoms with E-state index in [-0.39, 0.29) is 0 Å². The first kappa shape index (κ1) is 14.7. The highest BCUT2D eigenvalue weighted by Crippen LogP contribution is 2.28. The summed E-state index contributed by atoms with van der Waals surface area (Å²) in [5, 5.41) is 0. The molecule has 0 saturated carbocycles. The molecule has 0 spiro atoms. The number of nitrogens with one attached hydrogen (secondary N) is 1. The first-order chi connectivity index (χ1) is 7.95. The van der Waals surface area contributed by atoms with Gasteiger partial charge in [-0.15, -0.1) is 0 Å². The summed E-state index contributed by atoms with van der Waals surface area (Å²) in [4.78, 5) is -0.974. The van der Waals surface area contributed by atoms with Crippen LogP contribution in [0.5, 0.6) is 0 Å². The third kappa shape index (κ3) is 3.11. The monoisotopic (exact) mass is 305 g/mol. The lowest BCUT2D eigenvalue weighted by atomic mass is 10.3. The molecule has 0 bridgehead atoms. The Labute approximate surface area is 100 Å². The van der Waals surface area contributed by atoms with Gasteiger partial charge in [0.2, 0.25) is 0 Å². The van der Waals surface area contributed by atoms with E-state index in [2.05, 4.69) is 0 Å². The fraction of sp³-hybridized carbons (Fsp3) is 0.143.